The van der Waals surface area contributed by atoms with Crippen LogP contribution < -0.4 is 9.62 Å². The van der Waals surface area contributed by atoms with Crippen LogP contribution in [0.3, 0.4) is 0 Å². The first-order chi connectivity index (χ1) is 13.2. The zero-order chi connectivity index (χ0) is 22.2. The summed E-state index contributed by atoms with van der Waals surface area (Å²) in [5, 5.41) is 0. The molecule has 0 spiro atoms. The first-order valence-electron chi connectivity index (χ1n) is 9.41. The van der Waals surface area contributed by atoms with Crippen LogP contribution in [-0.4, -0.2) is 27.6 Å². The molecule has 2 unspecified atom stereocenters. The molecule has 0 saturated carbocycles. The van der Waals surface area contributed by atoms with Crippen LogP contribution in [0.15, 0.2) is 42.5 Å². The highest BCUT2D eigenvalue weighted by Crippen LogP contribution is 2.33. The molecule has 2 N–H and O–H groups in total. The molecule has 0 saturated heterocycles. The highest BCUT2D eigenvalue weighted by atomic mass is 32.2. The number of rotatable bonds is 6. The number of benzene rings is 2. The third-order valence-corrected chi connectivity index (χ3v) is 7.23. The minimum absolute atomic E-state index is 0.0211. The first-order valence-corrected chi connectivity index (χ1v) is 11.3. The average molecular weight is 422 g/mol. The Hall–Kier alpha value is -2.25. The van der Waals surface area contributed by atoms with E-state index in [2.05, 4.69) is 20.8 Å². The largest absolute Gasteiger partial charge is 0.369 e. The van der Waals surface area contributed by atoms with Gasteiger partial charge in [-0.1, -0.05) is 51.1 Å². The van der Waals surface area contributed by atoms with E-state index in [0.717, 1.165) is 17.4 Å². The predicted octanol–water partition coefficient (Wildman–Crippen LogP) is 3.81. The van der Waals surface area contributed by atoms with Crippen molar-refractivity contribution in [2.45, 2.75) is 45.6 Å². The van der Waals surface area contributed by atoms with E-state index in [1.165, 1.54) is 19.2 Å². The summed E-state index contributed by atoms with van der Waals surface area (Å²) >= 11 is 0. The van der Waals surface area contributed by atoms with E-state index in [1.54, 1.807) is 13.0 Å². The van der Waals surface area contributed by atoms with Crippen molar-refractivity contribution in [3.05, 3.63) is 65.0 Å². The molecule has 7 heteroatoms. The SMILES string of the molecule is CC(C(N)=O)c1ccc([N+](C)(Cc2ccc(C(C)(C)C)cc2)S(C)(=O)=O)c(F)c1. The van der Waals surface area contributed by atoms with Crippen LogP contribution in [-0.2, 0) is 26.8 Å². The van der Waals surface area contributed by atoms with Gasteiger partial charge in [-0.2, -0.15) is 12.3 Å². The highest BCUT2D eigenvalue weighted by Gasteiger charge is 2.39. The Labute approximate surface area is 173 Å². The van der Waals surface area contributed by atoms with Crippen molar-refractivity contribution < 1.29 is 17.6 Å². The molecule has 0 bridgehead atoms. The Kier molecular flexibility index (Phi) is 6.26. The molecule has 5 nitrogen and oxygen atoms in total. The number of carbonyl (C=O) groups is 1. The lowest BCUT2D eigenvalue weighted by Crippen LogP contribution is -2.49. The lowest BCUT2D eigenvalue weighted by Gasteiger charge is -2.32. The fraction of sp³-hybridized carbons (Fsp3) is 0.409. The van der Waals surface area contributed by atoms with Crippen LogP contribution in [0.5, 0.6) is 0 Å². The van der Waals surface area contributed by atoms with Gasteiger partial charge in [0.25, 0.3) is 10.0 Å². The number of halogens is 1. The van der Waals surface area contributed by atoms with Gasteiger partial charge in [-0.3, -0.25) is 4.79 Å². The maximum Gasteiger partial charge on any atom is 0.299 e. The molecule has 0 radical (unpaired) electrons. The van der Waals surface area contributed by atoms with Crippen LogP contribution in [0.2, 0.25) is 0 Å². The molecule has 158 valence electrons. The third-order valence-electron chi connectivity index (χ3n) is 5.44. The van der Waals surface area contributed by atoms with Crippen molar-refractivity contribution in [1.29, 1.82) is 0 Å². The zero-order valence-corrected chi connectivity index (χ0v) is 18.7. The molecule has 29 heavy (non-hydrogen) atoms. The molecule has 0 aliphatic rings. The molecule has 2 rings (SSSR count). The Bertz CT molecular complexity index is 1010. The molecule has 0 fully saturated rings. The predicted molar refractivity (Wildman–Crippen MR) is 115 cm³/mol. The number of hydrogen-bond donors (Lipinski definition) is 1. The van der Waals surface area contributed by atoms with Crippen molar-refractivity contribution in [1.82, 2.24) is 3.89 Å². The minimum Gasteiger partial charge on any atom is -0.369 e. The van der Waals surface area contributed by atoms with E-state index in [1.807, 2.05) is 24.3 Å². The van der Waals surface area contributed by atoms with Crippen LogP contribution >= 0.6 is 0 Å². The van der Waals surface area contributed by atoms with Gasteiger partial charge in [0.1, 0.15) is 6.54 Å². The fourth-order valence-electron chi connectivity index (χ4n) is 3.18. The van der Waals surface area contributed by atoms with Gasteiger partial charge in [-0.25, -0.2) is 4.39 Å². The average Bonchev–Trinajstić information content (AvgIpc) is 2.59. The number of nitrogens with two attached hydrogens (primary N) is 1. The van der Waals surface area contributed by atoms with Gasteiger partial charge in [-0.05, 0) is 29.5 Å². The van der Waals surface area contributed by atoms with Gasteiger partial charge in [0.05, 0.1) is 19.2 Å². The second-order valence-electron chi connectivity index (χ2n) is 8.77. The van der Waals surface area contributed by atoms with E-state index in [4.69, 9.17) is 5.73 Å². The second kappa shape index (κ2) is 7.88. The summed E-state index contributed by atoms with van der Waals surface area (Å²) in [5.74, 6) is -1.92. The number of primary amides is 1. The lowest BCUT2D eigenvalue weighted by atomic mass is 9.87. The number of quaternary nitrogens is 1. The van der Waals surface area contributed by atoms with Crippen LogP contribution in [0.4, 0.5) is 10.1 Å². The quantitative estimate of drug-likeness (QED) is 0.721. The number of sulfonamides is 1. The molecule has 1 amide bonds. The van der Waals surface area contributed by atoms with Gasteiger partial charge in [0, 0.05) is 11.6 Å². The van der Waals surface area contributed by atoms with E-state index >= 15 is 0 Å². The second-order valence-corrected chi connectivity index (χ2v) is 11.0. The van der Waals surface area contributed by atoms with Crippen molar-refractivity contribution in [2.75, 3.05) is 13.3 Å². The molecule has 0 aromatic heterocycles. The molecule has 0 heterocycles. The maximum atomic E-state index is 15.0. The number of nitrogens with zero attached hydrogens (tertiary/aromatic N) is 1. The molecular weight excluding hydrogens is 391 g/mol. The van der Waals surface area contributed by atoms with E-state index in [0.29, 0.717) is 5.56 Å². The van der Waals surface area contributed by atoms with E-state index < -0.39 is 31.6 Å². The molecule has 2 aromatic rings. The Morgan fingerprint density at radius 3 is 2.10 bits per heavy atom. The number of carbonyl (C=O) groups excluding carboxylic acids is 1. The number of hydrogen-bond acceptors (Lipinski definition) is 3. The highest BCUT2D eigenvalue weighted by molar-refractivity contribution is 7.90. The Balaban J connectivity index is 2.50. The standard InChI is InChI=1S/C22H29FN2O3S/c1-15(21(24)26)17-9-12-20(19(23)13-17)25(5,29(6,27)28)14-16-7-10-18(11-8-16)22(2,3)4/h7-13,15H,14H2,1-6H3,(H-,24,26)/p+1. The zero-order valence-electron chi connectivity index (χ0n) is 17.9. The van der Waals surface area contributed by atoms with Crippen molar-refractivity contribution >= 4 is 21.6 Å². The maximum absolute atomic E-state index is 15.0. The summed E-state index contributed by atoms with van der Waals surface area (Å²) in [6.45, 7) is 7.96. The van der Waals surface area contributed by atoms with Gasteiger partial charge < -0.3 is 5.73 Å². The van der Waals surface area contributed by atoms with Crippen LogP contribution in [0, 0.1) is 5.82 Å². The molecule has 2 aromatic carbocycles. The fourth-order valence-corrected chi connectivity index (χ4v) is 4.07. The minimum atomic E-state index is -3.72. The monoisotopic (exact) mass is 421 g/mol. The van der Waals surface area contributed by atoms with Gasteiger partial charge in [-0.15, -0.1) is 0 Å². The van der Waals surface area contributed by atoms with Gasteiger partial charge in [0.15, 0.2) is 11.5 Å². The smallest absolute Gasteiger partial charge is 0.299 e. The topological polar surface area (TPSA) is 77.2 Å². The summed E-state index contributed by atoms with van der Waals surface area (Å²) in [4.78, 5) is 11.4. The summed E-state index contributed by atoms with van der Waals surface area (Å²) in [7, 11) is -2.25. The molecule has 2 atom stereocenters. The van der Waals surface area contributed by atoms with Crippen molar-refractivity contribution in [3.8, 4) is 0 Å². The van der Waals surface area contributed by atoms with Crippen LogP contribution in [0.25, 0.3) is 0 Å². The van der Waals surface area contributed by atoms with E-state index in [-0.39, 0.29) is 17.6 Å². The Morgan fingerprint density at radius 2 is 1.69 bits per heavy atom. The molecular formula is C22H30FN2O3S+. The lowest BCUT2D eigenvalue weighted by molar-refractivity contribution is -0.119. The molecule has 0 aliphatic heterocycles. The normalized spacial score (nSPS) is 15.6. The van der Waals surface area contributed by atoms with E-state index in [9.17, 15) is 17.6 Å². The van der Waals surface area contributed by atoms with Crippen molar-refractivity contribution in [2.24, 2.45) is 5.73 Å². The van der Waals surface area contributed by atoms with Crippen LogP contribution in [0.1, 0.15) is 50.3 Å². The van der Waals surface area contributed by atoms with Gasteiger partial charge >= 0.3 is 0 Å². The first kappa shape index (κ1) is 23.0. The Morgan fingerprint density at radius 1 is 1.14 bits per heavy atom. The summed E-state index contributed by atoms with van der Waals surface area (Å²) in [6.07, 6.45) is 1.09. The van der Waals surface area contributed by atoms with Gasteiger partial charge in [0.2, 0.25) is 5.91 Å². The number of amides is 1. The summed E-state index contributed by atoms with van der Waals surface area (Å²) < 4.78 is 39.8. The summed E-state index contributed by atoms with van der Waals surface area (Å²) in [6, 6.07) is 11.9. The molecule has 0 aliphatic carbocycles. The van der Waals surface area contributed by atoms with Crippen molar-refractivity contribution in [3.63, 3.8) is 0 Å². The third kappa shape index (κ3) is 4.85. The summed E-state index contributed by atoms with van der Waals surface area (Å²) in [5.41, 5.74) is 7.61.